The average molecular weight is 280 g/mol. The van der Waals surface area contributed by atoms with E-state index in [1.165, 1.54) is 0 Å². The molecule has 2 N–H and O–H groups in total. The molecule has 21 heavy (non-hydrogen) atoms. The van der Waals surface area contributed by atoms with Crippen LogP contribution in [0, 0.1) is 6.92 Å². The molecule has 106 valence electrons. The Balaban J connectivity index is 2.21. The molecule has 0 fully saturated rings. The van der Waals surface area contributed by atoms with Gasteiger partial charge in [-0.3, -0.25) is 4.57 Å². The smallest absolute Gasteiger partial charge is 0.172 e. The lowest BCUT2D eigenvalue weighted by atomic mass is 10.1. The van der Waals surface area contributed by atoms with Crippen LogP contribution < -0.4 is 10.5 Å². The fraction of sp³-hybridized carbons (Fsp3) is 0.125. The van der Waals surface area contributed by atoms with E-state index >= 15 is 0 Å². The molecule has 0 atom stereocenters. The topological polar surface area (TPSA) is 66.0 Å². The Kier molecular flexibility index (Phi) is 3.31. The fourth-order valence-electron chi connectivity index (χ4n) is 2.32. The van der Waals surface area contributed by atoms with Crippen molar-refractivity contribution in [3.63, 3.8) is 0 Å². The van der Waals surface area contributed by atoms with E-state index in [1.54, 1.807) is 13.2 Å². The number of nitrogens with two attached hydrogens (primary N) is 1. The normalized spacial score (nSPS) is 10.6. The van der Waals surface area contributed by atoms with Crippen LogP contribution in [0.4, 0.5) is 5.69 Å². The summed E-state index contributed by atoms with van der Waals surface area (Å²) in [4.78, 5) is 0. The number of ether oxygens (including phenoxy) is 1. The van der Waals surface area contributed by atoms with E-state index in [2.05, 4.69) is 10.2 Å². The molecule has 5 nitrogen and oxygen atoms in total. The quantitative estimate of drug-likeness (QED) is 0.749. The van der Waals surface area contributed by atoms with E-state index in [-0.39, 0.29) is 0 Å². The first-order chi connectivity index (χ1) is 10.2. The highest BCUT2D eigenvalue weighted by molar-refractivity contribution is 5.69. The highest BCUT2D eigenvalue weighted by Gasteiger charge is 2.16. The molecule has 0 aliphatic heterocycles. The number of rotatable bonds is 3. The van der Waals surface area contributed by atoms with Gasteiger partial charge in [-0.05, 0) is 31.2 Å². The van der Waals surface area contributed by atoms with Crippen LogP contribution in [0.25, 0.3) is 17.1 Å². The van der Waals surface area contributed by atoms with E-state index in [4.69, 9.17) is 10.5 Å². The number of aryl methyl sites for hydroxylation is 1. The van der Waals surface area contributed by atoms with Gasteiger partial charge in [0.1, 0.15) is 11.6 Å². The maximum atomic E-state index is 5.81. The van der Waals surface area contributed by atoms with Crippen molar-refractivity contribution in [2.45, 2.75) is 6.92 Å². The van der Waals surface area contributed by atoms with Gasteiger partial charge >= 0.3 is 0 Å². The second kappa shape index (κ2) is 5.28. The molecule has 0 amide bonds. The summed E-state index contributed by atoms with van der Waals surface area (Å²) in [6, 6.07) is 15.5. The summed E-state index contributed by atoms with van der Waals surface area (Å²) in [6.07, 6.45) is 0. The predicted molar refractivity (Wildman–Crippen MR) is 82.5 cm³/mol. The van der Waals surface area contributed by atoms with Crippen LogP contribution in [-0.2, 0) is 0 Å². The SMILES string of the molecule is COc1cc(N)ccc1-c1nnc(C)n1-c1ccccc1. The van der Waals surface area contributed by atoms with Crippen LogP contribution in [0.2, 0.25) is 0 Å². The summed E-state index contributed by atoms with van der Waals surface area (Å²) in [5.41, 5.74) is 8.33. The molecule has 0 radical (unpaired) electrons. The lowest BCUT2D eigenvalue weighted by Crippen LogP contribution is -2.01. The van der Waals surface area contributed by atoms with E-state index in [9.17, 15) is 0 Å². The van der Waals surface area contributed by atoms with Crippen LogP contribution in [0.15, 0.2) is 48.5 Å². The average Bonchev–Trinajstić information content (AvgIpc) is 2.89. The largest absolute Gasteiger partial charge is 0.496 e. The van der Waals surface area contributed by atoms with Gasteiger partial charge in [-0.15, -0.1) is 10.2 Å². The summed E-state index contributed by atoms with van der Waals surface area (Å²) in [5, 5.41) is 8.49. The van der Waals surface area contributed by atoms with Gasteiger partial charge in [0.25, 0.3) is 0 Å². The van der Waals surface area contributed by atoms with Crippen LogP contribution >= 0.6 is 0 Å². The summed E-state index contributed by atoms with van der Waals surface area (Å²) < 4.78 is 7.41. The second-order valence-corrected chi connectivity index (χ2v) is 4.70. The molecular weight excluding hydrogens is 264 g/mol. The van der Waals surface area contributed by atoms with E-state index < -0.39 is 0 Å². The first-order valence-electron chi connectivity index (χ1n) is 6.62. The van der Waals surface area contributed by atoms with Crippen molar-refractivity contribution < 1.29 is 4.74 Å². The predicted octanol–water partition coefficient (Wildman–Crippen LogP) is 2.83. The number of anilines is 1. The lowest BCUT2D eigenvalue weighted by molar-refractivity contribution is 0.416. The number of para-hydroxylation sites is 1. The zero-order valence-electron chi connectivity index (χ0n) is 11.9. The van der Waals surface area contributed by atoms with Crippen molar-refractivity contribution in [2.24, 2.45) is 0 Å². The molecule has 0 spiro atoms. The van der Waals surface area contributed by atoms with Gasteiger partial charge in [0.15, 0.2) is 5.82 Å². The Hall–Kier alpha value is -2.82. The summed E-state index contributed by atoms with van der Waals surface area (Å²) in [6.45, 7) is 1.92. The van der Waals surface area contributed by atoms with Crippen molar-refractivity contribution in [3.05, 3.63) is 54.4 Å². The molecule has 3 aromatic rings. The second-order valence-electron chi connectivity index (χ2n) is 4.70. The van der Waals surface area contributed by atoms with E-state index in [0.717, 1.165) is 22.9 Å². The van der Waals surface area contributed by atoms with Crippen LogP contribution in [0.5, 0.6) is 5.75 Å². The van der Waals surface area contributed by atoms with Gasteiger partial charge in [0, 0.05) is 17.4 Å². The van der Waals surface area contributed by atoms with Crippen LogP contribution in [0.3, 0.4) is 0 Å². The van der Waals surface area contributed by atoms with E-state index in [1.807, 2.05) is 54.0 Å². The van der Waals surface area contributed by atoms with Crippen molar-refractivity contribution in [2.75, 3.05) is 12.8 Å². The zero-order chi connectivity index (χ0) is 14.8. The van der Waals surface area contributed by atoms with Crippen molar-refractivity contribution in [3.8, 4) is 22.8 Å². The monoisotopic (exact) mass is 280 g/mol. The summed E-state index contributed by atoms with van der Waals surface area (Å²) in [7, 11) is 1.62. The van der Waals surface area contributed by atoms with Gasteiger partial charge in [-0.25, -0.2) is 0 Å². The van der Waals surface area contributed by atoms with Crippen molar-refractivity contribution in [1.82, 2.24) is 14.8 Å². The first-order valence-corrected chi connectivity index (χ1v) is 6.62. The Bertz CT molecular complexity index is 765. The molecule has 2 aromatic carbocycles. The number of hydrogen-bond donors (Lipinski definition) is 1. The Labute approximate surface area is 123 Å². The standard InChI is InChI=1S/C16H16N4O/c1-11-18-19-16(20(11)13-6-4-3-5-7-13)14-9-8-12(17)10-15(14)21-2/h3-10H,17H2,1-2H3. The molecule has 0 bridgehead atoms. The fourth-order valence-corrected chi connectivity index (χ4v) is 2.32. The minimum absolute atomic E-state index is 0.651. The lowest BCUT2D eigenvalue weighted by Gasteiger charge is -2.12. The third-order valence-electron chi connectivity index (χ3n) is 3.31. The Morgan fingerprint density at radius 3 is 2.52 bits per heavy atom. The van der Waals surface area contributed by atoms with Gasteiger partial charge in [-0.1, -0.05) is 18.2 Å². The Morgan fingerprint density at radius 2 is 1.81 bits per heavy atom. The number of aromatic nitrogens is 3. The van der Waals surface area contributed by atoms with E-state index in [0.29, 0.717) is 11.4 Å². The molecule has 0 saturated carbocycles. The number of benzene rings is 2. The molecule has 1 aromatic heterocycles. The van der Waals surface area contributed by atoms with Crippen LogP contribution in [0.1, 0.15) is 5.82 Å². The van der Waals surface area contributed by atoms with Crippen molar-refractivity contribution in [1.29, 1.82) is 0 Å². The summed E-state index contributed by atoms with van der Waals surface area (Å²) in [5.74, 6) is 2.23. The molecule has 0 aliphatic rings. The molecule has 5 heteroatoms. The van der Waals surface area contributed by atoms with Gasteiger partial charge in [0.05, 0.1) is 12.7 Å². The molecule has 1 heterocycles. The minimum Gasteiger partial charge on any atom is -0.496 e. The molecule has 0 unspecified atom stereocenters. The highest BCUT2D eigenvalue weighted by Crippen LogP contribution is 2.32. The van der Waals surface area contributed by atoms with Gasteiger partial charge in [0.2, 0.25) is 0 Å². The summed E-state index contributed by atoms with van der Waals surface area (Å²) >= 11 is 0. The molecule has 3 rings (SSSR count). The third-order valence-corrected chi connectivity index (χ3v) is 3.31. The Morgan fingerprint density at radius 1 is 1.05 bits per heavy atom. The molecule has 0 saturated heterocycles. The number of nitrogens with zero attached hydrogens (tertiary/aromatic N) is 3. The highest BCUT2D eigenvalue weighted by atomic mass is 16.5. The maximum Gasteiger partial charge on any atom is 0.172 e. The first kappa shape index (κ1) is 13.2. The van der Waals surface area contributed by atoms with Gasteiger partial charge in [-0.2, -0.15) is 0 Å². The number of nitrogen functional groups attached to an aromatic ring is 1. The van der Waals surface area contributed by atoms with Gasteiger partial charge < -0.3 is 10.5 Å². The van der Waals surface area contributed by atoms with Crippen molar-refractivity contribution >= 4 is 5.69 Å². The zero-order valence-corrected chi connectivity index (χ0v) is 11.9. The third kappa shape index (κ3) is 2.33. The molecular formula is C16H16N4O. The number of methoxy groups -OCH3 is 1. The number of hydrogen-bond acceptors (Lipinski definition) is 4. The molecule has 0 aliphatic carbocycles. The maximum absolute atomic E-state index is 5.81. The minimum atomic E-state index is 0.651. The van der Waals surface area contributed by atoms with Crippen LogP contribution in [-0.4, -0.2) is 21.9 Å².